The first-order valence-corrected chi connectivity index (χ1v) is 9.89. The number of imidazole rings is 1. The number of anilines is 1. The van der Waals surface area contributed by atoms with Crippen LogP contribution in [0.2, 0.25) is 0 Å². The molecule has 3 aromatic rings. The molecule has 0 aliphatic rings. The van der Waals surface area contributed by atoms with Crippen molar-refractivity contribution < 1.29 is 18.0 Å². The number of nitrogens with one attached hydrogen (secondary N) is 3. The van der Waals surface area contributed by atoms with E-state index in [0.29, 0.717) is 23.6 Å². The van der Waals surface area contributed by atoms with Crippen molar-refractivity contribution in [2.45, 2.75) is 51.7 Å². The molecule has 0 bridgehead atoms. The van der Waals surface area contributed by atoms with Crippen molar-refractivity contribution in [3.63, 3.8) is 0 Å². The van der Waals surface area contributed by atoms with E-state index in [4.69, 9.17) is 0 Å². The molecule has 3 rings (SSSR count). The van der Waals surface area contributed by atoms with Crippen molar-refractivity contribution in [2.75, 3.05) is 11.9 Å². The number of carbonyl (C=O) groups excluding carboxylic acids is 1. The van der Waals surface area contributed by atoms with Gasteiger partial charge in [-0.25, -0.2) is 4.98 Å². The Hall–Kier alpha value is -3.04. The van der Waals surface area contributed by atoms with Gasteiger partial charge < -0.3 is 10.6 Å². The monoisotopic (exact) mass is 422 g/mol. The summed E-state index contributed by atoms with van der Waals surface area (Å²) < 4.78 is 40.4. The van der Waals surface area contributed by atoms with Crippen LogP contribution in [0, 0.1) is 6.92 Å². The van der Waals surface area contributed by atoms with E-state index >= 15 is 0 Å². The van der Waals surface area contributed by atoms with Crippen LogP contribution in [0.5, 0.6) is 0 Å². The number of hydrogen-bond acceptors (Lipinski definition) is 4. The lowest BCUT2D eigenvalue weighted by Gasteiger charge is -2.20. The van der Waals surface area contributed by atoms with Crippen LogP contribution in [-0.2, 0) is 6.18 Å². The highest BCUT2D eigenvalue weighted by atomic mass is 19.4. The van der Waals surface area contributed by atoms with Crippen molar-refractivity contribution in [1.82, 2.24) is 24.9 Å². The Morgan fingerprint density at radius 1 is 1.30 bits per heavy atom. The Bertz CT molecular complexity index is 994. The van der Waals surface area contributed by atoms with Crippen molar-refractivity contribution >= 4 is 17.4 Å². The van der Waals surface area contributed by atoms with E-state index in [1.165, 1.54) is 10.6 Å². The first-order chi connectivity index (χ1) is 14.3. The number of hydrogen-bond donors (Lipinski definition) is 3. The van der Waals surface area contributed by atoms with E-state index in [0.717, 1.165) is 31.9 Å². The van der Waals surface area contributed by atoms with E-state index in [1.807, 2.05) is 0 Å². The molecule has 3 N–H and O–H groups in total. The van der Waals surface area contributed by atoms with Gasteiger partial charge in [0.15, 0.2) is 5.69 Å². The van der Waals surface area contributed by atoms with Gasteiger partial charge >= 0.3 is 6.18 Å². The zero-order chi connectivity index (χ0) is 21.7. The van der Waals surface area contributed by atoms with Gasteiger partial charge in [0, 0.05) is 24.5 Å². The first-order valence-electron chi connectivity index (χ1n) is 9.89. The number of pyridine rings is 1. The molecule has 0 saturated carbocycles. The molecule has 1 atom stereocenters. The summed E-state index contributed by atoms with van der Waals surface area (Å²) in [6.07, 6.45) is 1.28. The number of aryl methyl sites for hydroxylation is 1. The Labute approximate surface area is 172 Å². The van der Waals surface area contributed by atoms with Crippen molar-refractivity contribution in [3.8, 4) is 0 Å². The highest BCUT2D eigenvalue weighted by Gasteiger charge is 2.34. The first kappa shape index (κ1) is 21.7. The number of aromatic amines is 1. The average molecular weight is 422 g/mol. The van der Waals surface area contributed by atoms with E-state index in [2.05, 4.69) is 32.7 Å². The van der Waals surface area contributed by atoms with Crippen LogP contribution in [-0.4, -0.2) is 38.1 Å². The third-order valence-electron chi connectivity index (χ3n) is 4.86. The largest absolute Gasteiger partial charge is 0.434 e. The minimum Gasteiger partial charge on any atom is -0.368 e. The van der Waals surface area contributed by atoms with Crippen LogP contribution in [0.3, 0.4) is 0 Å². The molecule has 3 aromatic heterocycles. The van der Waals surface area contributed by atoms with Gasteiger partial charge in [-0.1, -0.05) is 19.4 Å². The average Bonchev–Trinajstić information content (AvgIpc) is 3.31. The fourth-order valence-corrected chi connectivity index (χ4v) is 3.34. The molecule has 0 aliphatic heterocycles. The number of H-pyrrole nitrogens is 1. The molecular formula is C20H25F3N6O. The van der Waals surface area contributed by atoms with E-state index in [9.17, 15) is 18.0 Å². The number of aromatic nitrogens is 4. The molecule has 3 heterocycles. The minimum atomic E-state index is -4.49. The van der Waals surface area contributed by atoms with Gasteiger partial charge in [-0.2, -0.15) is 18.3 Å². The number of alkyl halides is 3. The highest BCUT2D eigenvalue weighted by molar-refractivity contribution is 5.94. The lowest BCUT2D eigenvalue weighted by atomic mass is 10.1. The molecule has 1 amide bonds. The van der Waals surface area contributed by atoms with Gasteiger partial charge in [-0.05, 0) is 38.3 Å². The number of nitrogens with zero attached hydrogens (tertiary/aromatic N) is 3. The predicted octanol–water partition coefficient (Wildman–Crippen LogP) is 4.18. The third-order valence-corrected chi connectivity index (χ3v) is 4.86. The minimum absolute atomic E-state index is 0.0601. The second kappa shape index (κ2) is 9.19. The van der Waals surface area contributed by atoms with Crippen molar-refractivity contribution in [1.29, 1.82) is 0 Å². The molecule has 162 valence electrons. The summed E-state index contributed by atoms with van der Waals surface area (Å²) in [5.41, 5.74) is 0.557. The lowest BCUT2D eigenvalue weighted by molar-refractivity contribution is -0.140. The van der Waals surface area contributed by atoms with Crippen LogP contribution >= 0.6 is 0 Å². The number of rotatable bonds is 9. The maximum Gasteiger partial charge on any atom is 0.434 e. The predicted molar refractivity (Wildman–Crippen MR) is 107 cm³/mol. The SMILES string of the molecule is CCC[C@@H](CCCNC(=O)c1cn[nH]c1C)Nc1cccc2nc(C(F)(F)F)cn12. The summed E-state index contributed by atoms with van der Waals surface area (Å²) in [6.45, 7) is 4.33. The summed E-state index contributed by atoms with van der Waals surface area (Å²) in [7, 11) is 0. The molecule has 0 radical (unpaired) electrons. The fraction of sp³-hybridized carbons (Fsp3) is 0.450. The third kappa shape index (κ3) is 5.11. The van der Waals surface area contributed by atoms with Crippen LogP contribution in [0.1, 0.15) is 54.4 Å². The molecule has 7 nitrogen and oxygen atoms in total. The van der Waals surface area contributed by atoms with Gasteiger partial charge in [-0.3, -0.25) is 14.3 Å². The summed E-state index contributed by atoms with van der Waals surface area (Å²) in [5, 5.41) is 12.8. The lowest BCUT2D eigenvalue weighted by Crippen LogP contribution is -2.27. The maximum atomic E-state index is 13.0. The summed E-state index contributed by atoms with van der Waals surface area (Å²) in [5.74, 6) is 0.385. The summed E-state index contributed by atoms with van der Waals surface area (Å²) >= 11 is 0. The Morgan fingerprint density at radius 2 is 2.10 bits per heavy atom. The van der Waals surface area contributed by atoms with E-state index < -0.39 is 11.9 Å². The Morgan fingerprint density at radius 3 is 2.77 bits per heavy atom. The standard InChI is InChI=1S/C20H25F3N6O/c1-3-6-14(7-5-10-24-19(30)15-11-25-28-13(15)2)26-17-8-4-9-18-27-16(12-29(17)18)20(21,22)23/h4,8-9,11-12,14,26H,3,5-7,10H2,1-2H3,(H,24,30)(H,25,28)/t14-/m0/s1. The van der Waals surface area contributed by atoms with Gasteiger partial charge in [0.2, 0.25) is 0 Å². The fourth-order valence-electron chi connectivity index (χ4n) is 3.34. The van der Waals surface area contributed by atoms with Crippen molar-refractivity contribution in [3.05, 3.63) is 47.5 Å². The summed E-state index contributed by atoms with van der Waals surface area (Å²) in [6, 6.07) is 5.02. The molecular weight excluding hydrogens is 397 g/mol. The Balaban J connectivity index is 1.61. The zero-order valence-corrected chi connectivity index (χ0v) is 16.9. The van der Waals surface area contributed by atoms with E-state index in [1.54, 1.807) is 25.1 Å². The van der Waals surface area contributed by atoms with Crippen LogP contribution in [0.4, 0.5) is 19.0 Å². The maximum absolute atomic E-state index is 13.0. The topological polar surface area (TPSA) is 87.1 Å². The van der Waals surface area contributed by atoms with Gasteiger partial charge in [-0.15, -0.1) is 0 Å². The second-order valence-electron chi connectivity index (χ2n) is 7.20. The van der Waals surface area contributed by atoms with Gasteiger partial charge in [0.1, 0.15) is 11.5 Å². The van der Waals surface area contributed by atoms with E-state index in [-0.39, 0.29) is 17.6 Å². The summed E-state index contributed by atoms with van der Waals surface area (Å²) in [4.78, 5) is 15.8. The second-order valence-corrected chi connectivity index (χ2v) is 7.20. The molecule has 0 aliphatic carbocycles. The van der Waals surface area contributed by atoms with Crippen LogP contribution in [0.15, 0.2) is 30.6 Å². The molecule has 0 spiro atoms. The quantitative estimate of drug-likeness (QED) is 0.452. The number of fused-ring (bicyclic) bond motifs is 1. The number of carbonyl (C=O) groups is 1. The smallest absolute Gasteiger partial charge is 0.368 e. The molecule has 10 heteroatoms. The Kier molecular flexibility index (Phi) is 6.63. The molecule has 30 heavy (non-hydrogen) atoms. The number of halogens is 3. The normalized spacial score (nSPS) is 12.8. The molecule has 0 saturated heterocycles. The highest BCUT2D eigenvalue weighted by Crippen LogP contribution is 2.29. The van der Waals surface area contributed by atoms with Crippen LogP contribution in [0.25, 0.3) is 5.65 Å². The van der Waals surface area contributed by atoms with Crippen molar-refractivity contribution in [2.24, 2.45) is 0 Å². The van der Waals surface area contributed by atoms with Crippen LogP contribution < -0.4 is 10.6 Å². The van der Waals surface area contributed by atoms with Gasteiger partial charge in [0.05, 0.1) is 11.8 Å². The zero-order valence-electron chi connectivity index (χ0n) is 16.9. The molecule has 0 unspecified atom stereocenters. The molecule has 0 aromatic carbocycles. The van der Waals surface area contributed by atoms with Gasteiger partial charge in [0.25, 0.3) is 5.91 Å². The molecule has 0 fully saturated rings. The number of amides is 1.